The summed E-state index contributed by atoms with van der Waals surface area (Å²) < 4.78 is 10.3. The Morgan fingerprint density at radius 3 is 2.38 bits per heavy atom. The molecule has 1 fully saturated rings. The lowest BCUT2D eigenvalue weighted by Gasteiger charge is -2.34. The minimum atomic E-state index is -0.156. The average Bonchev–Trinajstić information content (AvgIpc) is 3.08. The van der Waals surface area contributed by atoms with Crippen molar-refractivity contribution in [1.82, 2.24) is 4.90 Å². The van der Waals surface area contributed by atoms with Crippen LogP contribution >= 0.6 is 0 Å². The van der Waals surface area contributed by atoms with Crippen LogP contribution in [-0.2, 0) is 19.1 Å². The first-order chi connectivity index (χ1) is 13.9. The molecule has 7 heteroatoms. The largest absolute Gasteiger partial charge is 0.498 e. The van der Waals surface area contributed by atoms with Gasteiger partial charge >= 0.3 is 5.97 Å². The van der Waals surface area contributed by atoms with Crippen molar-refractivity contribution in [2.24, 2.45) is 11.7 Å². The molecule has 29 heavy (non-hydrogen) atoms. The van der Waals surface area contributed by atoms with Crippen LogP contribution in [-0.4, -0.2) is 49.4 Å². The Morgan fingerprint density at radius 2 is 1.83 bits per heavy atom. The van der Waals surface area contributed by atoms with Gasteiger partial charge in [0, 0.05) is 18.0 Å². The number of amides is 1. The van der Waals surface area contributed by atoms with Crippen molar-refractivity contribution in [3.63, 3.8) is 0 Å². The zero-order valence-electron chi connectivity index (χ0n) is 17.1. The zero-order valence-corrected chi connectivity index (χ0v) is 17.1. The monoisotopic (exact) mass is 399 g/mol. The molecule has 7 nitrogen and oxygen atoms in total. The number of nitrogens with two attached hydrogens (primary N) is 1. The summed E-state index contributed by atoms with van der Waals surface area (Å²) in [6.07, 6.45) is 5.20. The first kappa shape index (κ1) is 20.9. The van der Waals surface area contributed by atoms with E-state index in [1.807, 2.05) is 17.0 Å². The van der Waals surface area contributed by atoms with Gasteiger partial charge in [-0.2, -0.15) is 0 Å². The van der Waals surface area contributed by atoms with E-state index in [2.05, 4.69) is 0 Å². The summed E-state index contributed by atoms with van der Waals surface area (Å²) >= 11 is 0. The summed E-state index contributed by atoms with van der Waals surface area (Å²) in [7, 11) is 3.02. The minimum Gasteiger partial charge on any atom is -0.498 e. The summed E-state index contributed by atoms with van der Waals surface area (Å²) in [5.41, 5.74) is 7.52. The van der Waals surface area contributed by atoms with Crippen LogP contribution in [0.25, 0.3) is 5.57 Å². The van der Waals surface area contributed by atoms with E-state index in [1.165, 1.54) is 7.11 Å². The molecule has 0 unspecified atom stereocenters. The van der Waals surface area contributed by atoms with Crippen LogP contribution in [0.2, 0.25) is 0 Å². The van der Waals surface area contributed by atoms with Crippen LogP contribution in [0.1, 0.15) is 49.7 Å². The lowest BCUT2D eigenvalue weighted by atomic mass is 9.83. The molecule has 1 amide bonds. The molecule has 0 bridgehead atoms. The molecular weight excluding hydrogens is 370 g/mol. The third kappa shape index (κ3) is 4.60. The summed E-state index contributed by atoms with van der Waals surface area (Å²) in [5.74, 6) is 1.03. The molecule has 3 N–H and O–H groups in total. The highest BCUT2D eigenvalue weighted by molar-refractivity contribution is 6.22. The first-order valence-corrected chi connectivity index (χ1v) is 10.0. The Labute approximate surface area is 171 Å². The number of nitrogens with one attached hydrogen (secondary N) is 1. The van der Waals surface area contributed by atoms with E-state index in [1.54, 1.807) is 19.2 Å². The molecule has 1 aliphatic carbocycles. The van der Waals surface area contributed by atoms with E-state index in [0.29, 0.717) is 35.8 Å². The third-order valence-electron chi connectivity index (χ3n) is 6.04. The van der Waals surface area contributed by atoms with Gasteiger partial charge in [0.1, 0.15) is 11.6 Å². The maximum Gasteiger partial charge on any atom is 0.305 e. The number of methoxy groups -OCH3 is 2. The summed E-state index contributed by atoms with van der Waals surface area (Å²) in [5, 5.41) is 7.52. The van der Waals surface area contributed by atoms with Gasteiger partial charge in [0.25, 0.3) is 5.91 Å². The average molecular weight is 399 g/mol. The van der Waals surface area contributed by atoms with Gasteiger partial charge in [0.2, 0.25) is 0 Å². The number of esters is 1. The molecule has 0 aromatic heterocycles. The Bertz CT molecular complexity index is 808. The molecule has 1 aromatic carbocycles. The lowest BCUT2D eigenvalue weighted by molar-refractivity contribution is -0.141. The molecule has 3 rings (SSSR count). The third-order valence-corrected chi connectivity index (χ3v) is 6.04. The normalized spacial score (nSPS) is 22.0. The number of nitrogens with zero attached hydrogens (tertiary/aromatic N) is 1. The van der Waals surface area contributed by atoms with Crippen LogP contribution in [0.4, 0.5) is 0 Å². The second-order valence-corrected chi connectivity index (χ2v) is 7.72. The predicted octanol–water partition coefficient (Wildman–Crippen LogP) is 2.68. The van der Waals surface area contributed by atoms with Crippen molar-refractivity contribution in [1.29, 1.82) is 5.41 Å². The van der Waals surface area contributed by atoms with Crippen molar-refractivity contribution >= 4 is 23.3 Å². The predicted molar refractivity (Wildman–Crippen MR) is 110 cm³/mol. The fourth-order valence-corrected chi connectivity index (χ4v) is 4.30. The van der Waals surface area contributed by atoms with Gasteiger partial charge in [-0.05, 0) is 43.6 Å². The highest BCUT2D eigenvalue weighted by Gasteiger charge is 2.38. The fourth-order valence-electron chi connectivity index (χ4n) is 4.30. The number of nitrogen functional groups attached to an aromatic ring is 1. The molecule has 0 spiro atoms. The molecule has 2 aliphatic rings. The Kier molecular flexibility index (Phi) is 6.56. The number of rotatable bonds is 7. The molecule has 1 aliphatic heterocycles. The second-order valence-electron chi connectivity index (χ2n) is 7.72. The molecule has 156 valence electrons. The zero-order chi connectivity index (χ0) is 21.0. The second kappa shape index (κ2) is 9.11. The maximum absolute atomic E-state index is 13.2. The van der Waals surface area contributed by atoms with E-state index in [0.717, 1.165) is 37.7 Å². The number of hydrogen-bond donors (Lipinski definition) is 2. The van der Waals surface area contributed by atoms with Crippen LogP contribution in [0.3, 0.4) is 0 Å². The topological polar surface area (TPSA) is 106 Å². The number of hydrogen-bond acceptors (Lipinski definition) is 5. The Morgan fingerprint density at radius 1 is 1.17 bits per heavy atom. The number of carbonyl (C=O) groups is 2. The van der Waals surface area contributed by atoms with Gasteiger partial charge in [0.15, 0.2) is 0 Å². The van der Waals surface area contributed by atoms with Gasteiger partial charge < -0.3 is 20.1 Å². The van der Waals surface area contributed by atoms with Crippen molar-refractivity contribution in [3.8, 4) is 0 Å². The van der Waals surface area contributed by atoms with E-state index in [-0.39, 0.29) is 23.8 Å². The molecule has 0 atom stereocenters. The molecule has 1 heterocycles. The molecule has 1 aromatic rings. The first-order valence-electron chi connectivity index (χ1n) is 10.0. The van der Waals surface area contributed by atoms with Crippen LogP contribution in [0, 0.1) is 11.3 Å². The minimum absolute atomic E-state index is 0.000767. The molecule has 0 radical (unpaired) electrons. The van der Waals surface area contributed by atoms with Gasteiger partial charge in [-0.3, -0.25) is 15.0 Å². The number of benzene rings is 1. The van der Waals surface area contributed by atoms with Crippen LogP contribution in [0.15, 0.2) is 30.0 Å². The quantitative estimate of drug-likeness (QED) is 0.417. The fraction of sp³-hybridized carbons (Fsp3) is 0.500. The van der Waals surface area contributed by atoms with Crippen molar-refractivity contribution in [2.45, 2.75) is 44.6 Å². The molecule has 0 saturated heterocycles. The SMILES string of the molecule is COC(=O)CCC1CCC(N2CC(OC)=C(c3ccc(C(=N)N)cc3)C2=O)CC1. The lowest BCUT2D eigenvalue weighted by Crippen LogP contribution is -2.40. The number of ether oxygens (including phenoxy) is 2. The van der Waals surface area contributed by atoms with Crippen LogP contribution in [0.5, 0.6) is 0 Å². The van der Waals surface area contributed by atoms with Gasteiger partial charge in [-0.25, -0.2) is 0 Å². The Hall–Kier alpha value is -2.83. The van der Waals surface area contributed by atoms with E-state index in [9.17, 15) is 9.59 Å². The van der Waals surface area contributed by atoms with Crippen LogP contribution < -0.4 is 5.73 Å². The molecule has 1 saturated carbocycles. The maximum atomic E-state index is 13.2. The summed E-state index contributed by atoms with van der Waals surface area (Å²) in [6, 6.07) is 7.32. The van der Waals surface area contributed by atoms with E-state index >= 15 is 0 Å². The van der Waals surface area contributed by atoms with Crippen molar-refractivity contribution < 1.29 is 19.1 Å². The molecular formula is C22H29N3O4. The highest BCUT2D eigenvalue weighted by atomic mass is 16.5. The van der Waals surface area contributed by atoms with Gasteiger partial charge in [-0.15, -0.1) is 0 Å². The van der Waals surface area contributed by atoms with Crippen molar-refractivity contribution in [2.75, 3.05) is 20.8 Å². The smallest absolute Gasteiger partial charge is 0.305 e. The highest BCUT2D eigenvalue weighted by Crippen LogP contribution is 2.36. The Balaban J connectivity index is 1.64. The van der Waals surface area contributed by atoms with E-state index in [4.69, 9.17) is 20.6 Å². The summed E-state index contributed by atoms with van der Waals surface area (Å²) in [6.45, 7) is 0.483. The number of amidine groups is 1. The van der Waals surface area contributed by atoms with E-state index < -0.39 is 0 Å². The van der Waals surface area contributed by atoms with Crippen molar-refractivity contribution in [3.05, 3.63) is 41.2 Å². The number of carbonyl (C=O) groups excluding carboxylic acids is 2. The van der Waals surface area contributed by atoms with Gasteiger partial charge in [0.05, 0.1) is 26.3 Å². The van der Waals surface area contributed by atoms with Gasteiger partial charge in [-0.1, -0.05) is 24.3 Å². The standard InChI is InChI=1S/C22H29N3O4/c1-28-18-13-25(17-10-3-14(4-11-17)5-12-19(26)29-2)22(27)20(18)15-6-8-16(9-7-15)21(23)24/h6-9,14,17H,3-5,10-13H2,1-2H3,(H3,23,24). The summed E-state index contributed by atoms with van der Waals surface area (Å²) in [4.78, 5) is 26.5.